The first kappa shape index (κ1) is 40.2. The van der Waals surface area contributed by atoms with Gasteiger partial charge < -0.3 is 4.57 Å². The SMILES string of the molecule is CC1(C)CCC(C)(C)c2cc(-c3ccc(-c4ccc(-n5c6ccccc6c6cc7c8ccccc8n(-c8nc(-c9ccccc9)nc(-c9ccc%10ccccc%10c9)n8)c7cc65)cc4)cc3)ccc21. The zero-order chi connectivity index (χ0) is 45.7. The maximum absolute atomic E-state index is 5.30. The van der Waals surface area contributed by atoms with E-state index in [1.54, 1.807) is 0 Å². The van der Waals surface area contributed by atoms with Gasteiger partial charge in [-0.1, -0.05) is 185 Å². The number of nitrogens with zero attached hydrogens (tertiary/aromatic N) is 5. The lowest BCUT2D eigenvalue weighted by molar-refractivity contribution is 0.332. The smallest absolute Gasteiger partial charge is 0.238 e. The summed E-state index contributed by atoms with van der Waals surface area (Å²) < 4.78 is 4.63. The first-order valence-corrected chi connectivity index (χ1v) is 23.8. The third-order valence-corrected chi connectivity index (χ3v) is 14.9. The van der Waals surface area contributed by atoms with Crippen LogP contribution in [0.25, 0.3) is 111 Å². The molecule has 0 radical (unpaired) electrons. The van der Waals surface area contributed by atoms with Crippen molar-refractivity contribution in [2.75, 3.05) is 0 Å². The predicted octanol–water partition coefficient (Wildman–Crippen LogP) is 16.2. The van der Waals surface area contributed by atoms with Crippen LogP contribution in [0.15, 0.2) is 200 Å². The molecule has 0 saturated carbocycles. The van der Waals surface area contributed by atoms with Crippen molar-refractivity contribution in [3.05, 3.63) is 211 Å². The zero-order valence-corrected chi connectivity index (χ0v) is 38.7. The molecular weight excluding hydrogens is 827 g/mol. The summed E-state index contributed by atoms with van der Waals surface area (Å²) in [5, 5.41) is 7.01. The van der Waals surface area contributed by atoms with Gasteiger partial charge in [0.25, 0.3) is 0 Å². The number of benzene rings is 9. The van der Waals surface area contributed by atoms with Crippen LogP contribution in [-0.2, 0) is 10.8 Å². The molecule has 0 fully saturated rings. The highest BCUT2D eigenvalue weighted by atomic mass is 15.2. The molecule has 0 bridgehead atoms. The van der Waals surface area contributed by atoms with Crippen molar-refractivity contribution in [1.29, 1.82) is 0 Å². The third-order valence-electron chi connectivity index (χ3n) is 14.9. The Morgan fingerprint density at radius 2 is 0.853 bits per heavy atom. The normalized spacial score (nSPS) is 14.3. The number of para-hydroxylation sites is 2. The number of rotatable bonds is 6. The van der Waals surface area contributed by atoms with E-state index in [1.807, 2.05) is 18.2 Å². The minimum absolute atomic E-state index is 0.174. The van der Waals surface area contributed by atoms with Gasteiger partial charge in [0.1, 0.15) is 0 Å². The predicted molar refractivity (Wildman–Crippen MR) is 283 cm³/mol. The van der Waals surface area contributed by atoms with E-state index >= 15 is 0 Å². The number of fused-ring (bicyclic) bond motifs is 8. The summed E-state index contributed by atoms with van der Waals surface area (Å²) in [4.78, 5) is 15.7. The molecule has 3 aromatic heterocycles. The third kappa shape index (κ3) is 6.48. The Morgan fingerprint density at radius 3 is 1.54 bits per heavy atom. The van der Waals surface area contributed by atoms with E-state index in [2.05, 4.69) is 219 Å². The van der Waals surface area contributed by atoms with Crippen LogP contribution in [0.4, 0.5) is 0 Å². The Bertz CT molecular complexity index is 3950. The van der Waals surface area contributed by atoms with Crippen molar-refractivity contribution < 1.29 is 0 Å². The van der Waals surface area contributed by atoms with Gasteiger partial charge in [0.2, 0.25) is 5.95 Å². The fraction of sp³-hybridized carbons (Fsp3) is 0.127. The summed E-state index contributed by atoms with van der Waals surface area (Å²) in [6.45, 7) is 9.59. The molecule has 1 aliphatic carbocycles. The zero-order valence-electron chi connectivity index (χ0n) is 38.7. The van der Waals surface area contributed by atoms with Gasteiger partial charge in [-0.15, -0.1) is 0 Å². The summed E-state index contributed by atoms with van der Waals surface area (Å²) in [6, 6.07) is 72.4. The van der Waals surface area contributed by atoms with Crippen molar-refractivity contribution in [2.45, 2.75) is 51.4 Å². The molecule has 12 aromatic rings. The number of hydrogen-bond donors (Lipinski definition) is 0. The lowest BCUT2D eigenvalue weighted by Gasteiger charge is -2.42. The van der Waals surface area contributed by atoms with Crippen LogP contribution in [0.5, 0.6) is 0 Å². The molecule has 68 heavy (non-hydrogen) atoms. The largest absolute Gasteiger partial charge is 0.309 e. The molecule has 13 rings (SSSR count). The molecule has 0 saturated heterocycles. The highest BCUT2D eigenvalue weighted by Crippen LogP contribution is 2.47. The quantitative estimate of drug-likeness (QED) is 0.167. The second-order valence-corrected chi connectivity index (χ2v) is 20.0. The van der Waals surface area contributed by atoms with E-state index < -0.39 is 0 Å². The van der Waals surface area contributed by atoms with Crippen LogP contribution in [-0.4, -0.2) is 24.1 Å². The minimum atomic E-state index is 0.174. The van der Waals surface area contributed by atoms with Crippen molar-refractivity contribution in [3.63, 3.8) is 0 Å². The van der Waals surface area contributed by atoms with E-state index in [0.29, 0.717) is 17.6 Å². The Hall–Kier alpha value is -8.15. The Kier molecular flexibility index (Phi) is 8.97. The molecule has 3 heterocycles. The van der Waals surface area contributed by atoms with Gasteiger partial charge >= 0.3 is 0 Å². The van der Waals surface area contributed by atoms with E-state index in [0.717, 1.165) is 55.0 Å². The highest BCUT2D eigenvalue weighted by Gasteiger charge is 2.37. The molecule has 0 spiro atoms. The van der Waals surface area contributed by atoms with Crippen molar-refractivity contribution in [1.82, 2.24) is 24.1 Å². The molecule has 9 aromatic carbocycles. The van der Waals surface area contributed by atoms with Crippen LogP contribution in [0.1, 0.15) is 51.7 Å². The minimum Gasteiger partial charge on any atom is -0.309 e. The highest BCUT2D eigenvalue weighted by molar-refractivity contribution is 6.19. The first-order chi connectivity index (χ1) is 33.2. The van der Waals surface area contributed by atoms with Crippen LogP contribution in [0, 0.1) is 0 Å². The van der Waals surface area contributed by atoms with Crippen LogP contribution < -0.4 is 0 Å². The number of hydrogen-bond acceptors (Lipinski definition) is 3. The summed E-state index contributed by atoms with van der Waals surface area (Å²) in [5.41, 5.74) is 15.6. The fourth-order valence-corrected chi connectivity index (χ4v) is 11.0. The molecule has 326 valence electrons. The molecule has 0 aliphatic heterocycles. The summed E-state index contributed by atoms with van der Waals surface area (Å²) in [7, 11) is 0. The number of aromatic nitrogens is 5. The Labute approximate surface area is 396 Å². The van der Waals surface area contributed by atoms with E-state index in [4.69, 9.17) is 15.0 Å². The molecule has 0 unspecified atom stereocenters. The van der Waals surface area contributed by atoms with Crippen LogP contribution >= 0.6 is 0 Å². The molecule has 0 atom stereocenters. The lowest BCUT2D eigenvalue weighted by Crippen LogP contribution is -2.33. The van der Waals surface area contributed by atoms with Gasteiger partial charge in [-0.3, -0.25) is 4.57 Å². The van der Waals surface area contributed by atoms with E-state index in [9.17, 15) is 0 Å². The van der Waals surface area contributed by atoms with Crippen molar-refractivity contribution in [2.24, 2.45) is 0 Å². The van der Waals surface area contributed by atoms with E-state index in [1.165, 1.54) is 62.4 Å². The molecule has 1 aliphatic rings. The average Bonchev–Trinajstić information content (AvgIpc) is 3.89. The van der Waals surface area contributed by atoms with Crippen molar-refractivity contribution >= 4 is 54.4 Å². The molecule has 0 amide bonds. The first-order valence-electron chi connectivity index (χ1n) is 23.8. The molecule has 5 heteroatoms. The monoisotopic (exact) mass is 875 g/mol. The van der Waals surface area contributed by atoms with Crippen molar-refractivity contribution in [3.8, 4) is 56.7 Å². The Morgan fingerprint density at radius 1 is 0.338 bits per heavy atom. The van der Waals surface area contributed by atoms with Crippen LogP contribution in [0.2, 0.25) is 0 Å². The maximum Gasteiger partial charge on any atom is 0.238 e. The maximum atomic E-state index is 5.30. The molecule has 5 nitrogen and oxygen atoms in total. The molecule has 0 N–H and O–H groups in total. The van der Waals surface area contributed by atoms with Gasteiger partial charge in [0.05, 0.1) is 22.1 Å². The second-order valence-electron chi connectivity index (χ2n) is 20.0. The lowest BCUT2D eigenvalue weighted by atomic mass is 9.63. The summed E-state index contributed by atoms with van der Waals surface area (Å²) >= 11 is 0. The summed E-state index contributed by atoms with van der Waals surface area (Å²) in [5.74, 6) is 1.83. The summed E-state index contributed by atoms with van der Waals surface area (Å²) in [6.07, 6.45) is 2.43. The van der Waals surface area contributed by atoms with Gasteiger partial charge in [0, 0.05) is 38.4 Å². The fourth-order valence-electron chi connectivity index (χ4n) is 11.0. The second kappa shape index (κ2) is 15.2. The van der Waals surface area contributed by atoms with E-state index in [-0.39, 0.29) is 10.8 Å². The van der Waals surface area contributed by atoms with Crippen LogP contribution in [0.3, 0.4) is 0 Å². The van der Waals surface area contributed by atoms with Gasteiger partial charge in [-0.25, -0.2) is 4.98 Å². The topological polar surface area (TPSA) is 48.5 Å². The standard InChI is InChI=1S/C63H49N5/c1-62(2)34-35-63(3,4)54-37-46(30-33-53(54)62)43-24-22-41(23-25-43)42-28-31-48(32-29-42)67-55-20-12-10-18-49(55)51-38-52-50-19-11-13-21-56(50)68(58(52)39-57(51)67)61-65-59(44-15-6-5-7-16-44)64-60(66-61)47-27-26-40-14-8-9-17-45(40)36-47/h5-33,36-39H,34-35H2,1-4H3. The molecular formula is C63H49N5. The van der Waals surface area contributed by atoms with Gasteiger partial charge in [-0.2, -0.15) is 9.97 Å². The average molecular weight is 876 g/mol. The Balaban J connectivity index is 0.936. The van der Waals surface area contributed by atoms with Gasteiger partial charge in [-0.05, 0) is 110 Å². The van der Waals surface area contributed by atoms with Gasteiger partial charge in [0.15, 0.2) is 11.6 Å².